The van der Waals surface area contributed by atoms with Crippen molar-refractivity contribution >= 4 is 6.16 Å². The van der Waals surface area contributed by atoms with Gasteiger partial charge in [-0.3, -0.25) is 0 Å². The van der Waals surface area contributed by atoms with Crippen molar-refractivity contribution in [3.63, 3.8) is 0 Å². The zero-order valence-corrected chi connectivity index (χ0v) is 11.6. The Morgan fingerprint density at radius 1 is 1.37 bits per heavy atom. The second-order valence-electron chi connectivity index (χ2n) is 4.97. The number of ether oxygens (including phenoxy) is 2. The lowest BCUT2D eigenvalue weighted by molar-refractivity contribution is 0.142. The highest BCUT2D eigenvalue weighted by molar-refractivity contribution is 5.64. The predicted molar refractivity (Wildman–Crippen MR) is 72.7 cm³/mol. The summed E-state index contributed by atoms with van der Waals surface area (Å²) in [6.45, 7) is 7.97. The van der Waals surface area contributed by atoms with Gasteiger partial charge < -0.3 is 14.6 Å². The highest BCUT2D eigenvalue weighted by atomic mass is 16.7. The molecule has 0 fully saturated rings. The zero-order valence-electron chi connectivity index (χ0n) is 11.6. The standard InChI is InChI=1S/C15H18O4/c1-5-6-10-18-13-11(15(2,3)4)8-7-9-12(13)19-14(16)17/h7-9H,10H2,1-4H3,(H,16,17). The second-order valence-corrected chi connectivity index (χ2v) is 4.97. The molecule has 0 spiro atoms. The Kier molecular flexibility index (Phi) is 4.82. The molecular weight excluding hydrogens is 244 g/mol. The molecule has 0 aliphatic rings. The monoisotopic (exact) mass is 262 g/mol. The summed E-state index contributed by atoms with van der Waals surface area (Å²) < 4.78 is 10.3. The van der Waals surface area contributed by atoms with Crippen LogP contribution in [-0.4, -0.2) is 17.9 Å². The maximum atomic E-state index is 10.7. The molecule has 102 valence electrons. The molecule has 0 aromatic heterocycles. The quantitative estimate of drug-likeness (QED) is 0.515. The van der Waals surface area contributed by atoms with Crippen molar-refractivity contribution in [2.75, 3.05) is 6.61 Å². The third-order valence-corrected chi connectivity index (χ3v) is 2.45. The minimum absolute atomic E-state index is 0.188. The Bertz CT molecular complexity index is 515. The van der Waals surface area contributed by atoms with Gasteiger partial charge in [0.05, 0.1) is 0 Å². The predicted octanol–water partition coefficient (Wildman–Crippen LogP) is 3.44. The average molecular weight is 262 g/mol. The Labute approximate surface area is 113 Å². The van der Waals surface area contributed by atoms with Gasteiger partial charge in [-0.05, 0) is 18.4 Å². The Hall–Kier alpha value is -2.15. The second kappa shape index (κ2) is 6.14. The van der Waals surface area contributed by atoms with Crippen LogP contribution in [0.4, 0.5) is 4.79 Å². The van der Waals surface area contributed by atoms with Gasteiger partial charge in [0.25, 0.3) is 0 Å². The van der Waals surface area contributed by atoms with E-state index in [2.05, 4.69) is 11.8 Å². The minimum atomic E-state index is -1.36. The van der Waals surface area contributed by atoms with Gasteiger partial charge in [0, 0.05) is 5.56 Å². The zero-order chi connectivity index (χ0) is 14.5. The first-order valence-electron chi connectivity index (χ1n) is 5.93. The number of hydrogen-bond donors (Lipinski definition) is 1. The molecule has 0 unspecified atom stereocenters. The van der Waals surface area contributed by atoms with E-state index in [1.165, 1.54) is 0 Å². The first kappa shape index (κ1) is 14.9. The van der Waals surface area contributed by atoms with Crippen molar-refractivity contribution < 1.29 is 19.4 Å². The van der Waals surface area contributed by atoms with Gasteiger partial charge >= 0.3 is 6.16 Å². The molecule has 1 rings (SSSR count). The molecule has 1 aromatic carbocycles. The van der Waals surface area contributed by atoms with Gasteiger partial charge in [0.15, 0.2) is 11.5 Å². The van der Waals surface area contributed by atoms with Crippen LogP contribution in [0.2, 0.25) is 0 Å². The van der Waals surface area contributed by atoms with E-state index in [1.807, 2.05) is 26.8 Å². The summed E-state index contributed by atoms with van der Waals surface area (Å²) in [4.78, 5) is 10.7. The highest BCUT2D eigenvalue weighted by Gasteiger charge is 2.23. The van der Waals surface area contributed by atoms with Gasteiger partial charge in [0.2, 0.25) is 0 Å². The van der Waals surface area contributed by atoms with Crippen molar-refractivity contribution in [3.05, 3.63) is 23.8 Å². The Balaban J connectivity index is 3.22. The van der Waals surface area contributed by atoms with E-state index in [0.29, 0.717) is 5.75 Å². The molecule has 0 aliphatic carbocycles. The molecule has 4 heteroatoms. The van der Waals surface area contributed by atoms with E-state index in [-0.39, 0.29) is 17.8 Å². The smallest absolute Gasteiger partial charge is 0.477 e. The van der Waals surface area contributed by atoms with E-state index in [4.69, 9.17) is 14.6 Å². The van der Waals surface area contributed by atoms with Gasteiger partial charge in [-0.1, -0.05) is 38.8 Å². The van der Waals surface area contributed by atoms with Crippen LogP contribution in [0.3, 0.4) is 0 Å². The van der Waals surface area contributed by atoms with Crippen LogP contribution in [0.15, 0.2) is 18.2 Å². The van der Waals surface area contributed by atoms with Crippen molar-refractivity contribution in [1.82, 2.24) is 0 Å². The normalized spacial score (nSPS) is 10.3. The molecule has 0 saturated heterocycles. The number of carboxylic acid groups (broad SMARTS) is 1. The average Bonchev–Trinajstić information content (AvgIpc) is 2.29. The molecule has 0 bridgehead atoms. The molecule has 19 heavy (non-hydrogen) atoms. The number of carbonyl (C=O) groups is 1. The van der Waals surface area contributed by atoms with Gasteiger partial charge in [-0.2, -0.15) is 0 Å². The van der Waals surface area contributed by atoms with Crippen molar-refractivity contribution in [3.8, 4) is 23.3 Å². The van der Waals surface area contributed by atoms with E-state index in [0.717, 1.165) is 5.56 Å². The molecule has 4 nitrogen and oxygen atoms in total. The summed E-state index contributed by atoms with van der Waals surface area (Å²) in [6, 6.07) is 5.21. The fourth-order valence-electron chi connectivity index (χ4n) is 1.61. The molecule has 1 aromatic rings. The summed E-state index contributed by atoms with van der Waals surface area (Å²) >= 11 is 0. The maximum absolute atomic E-state index is 10.7. The number of hydrogen-bond acceptors (Lipinski definition) is 3. The molecule has 0 heterocycles. The van der Waals surface area contributed by atoms with Crippen LogP contribution >= 0.6 is 0 Å². The van der Waals surface area contributed by atoms with Crippen LogP contribution < -0.4 is 9.47 Å². The fraction of sp³-hybridized carbons (Fsp3) is 0.400. The van der Waals surface area contributed by atoms with Gasteiger partial charge in [-0.25, -0.2) is 4.79 Å². The van der Waals surface area contributed by atoms with Crippen molar-refractivity contribution in [1.29, 1.82) is 0 Å². The first-order valence-corrected chi connectivity index (χ1v) is 5.93. The molecule has 1 N–H and O–H groups in total. The van der Waals surface area contributed by atoms with Crippen LogP contribution in [0.25, 0.3) is 0 Å². The largest absolute Gasteiger partial charge is 0.511 e. The molecule has 0 radical (unpaired) electrons. The third-order valence-electron chi connectivity index (χ3n) is 2.45. The minimum Gasteiger partial charge on any atom is -0.477 e. The Morgan fingerprint density at radius 3 is 2.58 bits per heavy atom. The molecule has 0 atom stereocenters. The van der Waals surface area contributed by atoms with Crippen molar-refractivity contribution in [2.45, 2.75) is 33.1 Å². The first-order chi connectivity index (χ1) is 8.86. The number of benzene rings is 1. The molecule has 0 aliphatic heterocycles. The summed E-state index contributed by atoms with van der Waals surface area (Å²) in [5.74, 6) is 6.13. The van der Waals surface area contributed by atoms with Crippen LogP contribution in [0, 0.1) is 11.8 Å². The van der Waals surface area contributed by atoms with Crippen LogP contribution in [0.5, 0.6) is 11.5 Å². The lowest BCUT2D eigenvalue weighted by Crippen LogP contribution is -2.15. The maximum Gasteiger partial charge on any atom is 0.511 e. The van der Waals surface area contributed by atoms with E-state index in [9.17, 15) is 4.79 Å². The fourth-order valence-corrected chi connectivity index (χ4v) is 1.61. The summed E-state index contributed by atoms with van der Waals surface area (Å²) in [5, 5.41) is 8.75. The topological polar surface area (TPSA) is 55.8 Å². The number of rotatable bonds is 3. The Morgan fingerprint density at radius 2 is 2.05 bits per heavy atom. The molecular formula is C15H18O4. The van der Waals surface area contributed by atoms with E-state index < -0.39 is 6.16 Å². The van der Waals surface area contributed by atoms with Gasteiger partial charge in [0.1, 0.15) is 6.61 Å². The highest BCUT2D eigenvalue weighted by Crippen LogP contribution is 2.38. The summed E-state index contributed by atoms with van der Waals surface area (Å²) in [6.07, 6.45) is -1.36. The van der Waals surface area contributed by atoms with Crippen LogP contribution in [0.1, 0.15) is 33.3 Å². The van der Waals surface area contributed by atoms with Crippen LogP contribution in [-0.2, 0) is 5.41 Å². The molecule has 0 saturated carbocycles. The third kappa shape index (κ3) is 4.22. The number of para-hydroxylation sites is 1. The van der Waals surface area contributed by atoms with Crippen molar-refractivity contribution in [2.24, 2.45) is 0 Å². The van der Waals surface area contributed by atoms with Gasteiger partial charge in [-0.15, -0.1) is 5.92 Å². The van der Waals surface area contributed by atoms with E-state index in [1.54, 1.807) is 19.1 Å². The SMILES string of the molecule is CC#CCOc1c(OC(=O)O)cccc1C(C)(C)C. The summed E-state index contributed by atoms with van der Waals surface area (Å²) in [7, 11) is 0. The lowest BCUT2D eigenvalue weighted by Gasteiger charge is -2.23. The lowest BCUT2D eigenvalue weighted by atomic mass is 9.86. The summed E-state index contributed by atoms with van der Waals surface area (Å²) in [5.41, 5.74) is 0.691. The van der Waals surface area contributed by atoms with E-state index >= 15 is 0 Å². The molecule has 0 amide bonds.